The Morgan fingerprint density at radius 3 is 2.74 bits per heavy atom. The van der Waals surface area contributed by atoms with Crippen LogP contribution in [-0.2, 0) is 0 Å². The van der Waals surface area contributed by atoms with E-state index in [-0.39, 0.29) is 23.2 Å². The number of carbonyl (C=O) groups excluding carboxylic acids is 2. The van der Waals surface area contributed by atoms with Gasteiger partial charge in [-0.05, 0) is 59.5 Å². The van der Waals surface area contributed by atoms with E-state index in [0.29, 0.717) is 32.4 Å². The van der Waals surface area contributed by atoms with Crippen LogP contribution in [0.15, 0.2) is 41.1 Å². The van der Waals surface area contributed by atoms with E-state index < -0.39 is 5.91 Å². The number of hydrogen-bond acceptors (Lipinski definition) is 4. The SMILES string of the molecule is [C-]#[N+]c1cc(C)c(NC(=O)c2cc(Br)nn2-c2ncccc2Cl)c(C(=O)NC2CC2)c1. The first-order chi connectivity index (χ1) is 14.9. The fraction of sp³-hybridized carbons (Fsp3) is 0.190. The largest absolute Gasteiger partial charge is 0.349 e. The summed E-state index contributed by atoms with van der Waals surface area (Å²) in [6.45, 7) is 9.03. The first-order valence-electron chi connectivity index (χ1n) is 9.38. The number of halogens is 2. The molecule has 1 aromatic carbocycles. The van der Waals surface area contributed by atoms with E-state index in [9.17, 15) is 9.59 Å². The third-order valence-electron chi connectivity index (χ3n) is 4.70. The lowest BCUT2D eigenvalue weighted by atomic mass is 10.1. The van der Waals surface area contributed by atoms with Crippen molar-refractivity contribution < 1.29 is 9.59 Å². The maximum Gasteiger partial charge on any atom is 0.274 e. The van der Waals surface area contributed by atoms with Crippen LogP contribution in [0.3, 0.4) is 0 Å². The topological polar surface area (TPSA) is 93.3 Å². The fourth-order valence-corrected chi connectivity index (χ4v) is 3.63. The average Bonchev–Trinajstić information content (AvgIpc) is 3.47. The van der Waals surface area contributed by atoms with Crippen LogP contribution in [0.25, 0.3) is 10.7 Å². The van der Waals surface area contributed by atoms with Crippen molar-refractivity contribution in [2.24, 2.45) is 0 Å². The number of benzene rings is 1. The number of rotatable bonds is 5. The summed E-state index contributed by atoms with van der Waals surface area (Å²) in [5, 5.41) is 10.3. The molecule has 1 saturated carbocycles. The van der Waals surface area contributed by atoms with Gasteiger partial charge in [0.25, 0.3) is 11.8 Å². The molecule has 156 valence electrons. The number of anilines is 1. The van der Waals surface area contributed by atoms with Crippen LogP contribution in [0, 0.1) is 13.5 Å². The van der Waals surface area contributed by atoms with Crippen molar-refractivity contribution in [3.8, 4) is 5.82 Å². The fourth-order valence-electron chi connectivity index (χ4n) is 3.05. The van der Waals surface area contributed by atoms with Crippen LogP contribution >= 0.6 is 27.5 Å². The molecule has 3 aromatic rings. The Morgan fingerprint density at radius 1 is 1.29 bits per heavy atom. The first kappa shape index (κ1) is 21.0. The van der Waals surface area contributed by atoms with E-state index in [1.54, 1.807) is 31.3 Å². The van der Waals surface area contributed by atoms with Crippen LogP contribution in [0.2, 0.25) is 5.02 Å². The molecule has 2 N–H and O–H groups in total. The number of amides is 2. The maximum atomic E-state index is 13.2. The van der Waals surface area contributed by atoms with Gasteiger partial charge in [0.2, 0.25) is 0 Å². The molecule has 1 aliphatic rings. The molecule has 2 heterocycles. The van der Waals surface area contributed by atoms with Crippen molar-refractivity contribution in [3.05, 3.63) is 74.4 Å². The Balaban J connectivity index is 1.72. The lowest BCUT2D eigenvalue weighted by Crippen LogP contribution is -2.27. The Kier molecular flexibility index (Phi) is 5.76. The molecule has 0 spiro atoms. The minimum absolute atomic E-state index is 0.136. The molecule has 0 aliphatic heterocycles. The number of pyridine rings is 1. The molecule has 0 atom stereocenters. The molecule has 1 aliphatic carbocycles. The molecule has 0 radical (unpaired) electrons. The summed E-state index contributed by atoms with van der Waals surface area (Å²) in [5.41, 5.74) is 1.68. The van der Waals surface area contributed by atoms with Crippen molar-refractivity contribution in [1.29, 1.82) is 0 Å². The van der Waals surface area contributed by atoms with Crippen molar-refractivity contribution >= 4 is 50.7 Å². The number of nitrogens with zero attached hydrogens (tertiary/aromatic N) is 4. The molecule has 0 bridgehead atoms. The lowest BCUT2D eigenvalue weighted by Gasteiger charge is -2.15. The first-order valence-corrected chi connectivity index (χ1v) is 10.5. The van der Waals surface area contributed by atoms with Gasteiger partial charge in [-0.1, -0.05) is 17.7 Å². The molecule has 10 heteroatoms. The van der Waals surface area contributed by atoms with Crippen molar-refractivity contribution in [3.63, 3.8) is 0 Å². The molecule has 8 nitrogen and oxygen atoms in total. The molecular formula is C21H16BrClN6O2. The van der Waals surface area contributed by atoms with Crippen LogP contribution < -0.4 is 10.6 Å². The number of aryl methyl sites for hydroxylation is 1. The van der Waals surface area contributed by atoms with Crippen LogP contribution in [0.5, 0.6) is 0 Å². The highest BCUT2D eigenvalue weighted by molar-refractivity contribution is 9.10. The number of hydrogen-bond donors (Lipinski definition) is 2. The summed E-state index contributed by atoms with van der Waals surface area (Å²) in [6, 6.07) is 8.10. The Morgan fingerprint density at radius 2 is 2.06 bits per heavy atom. The lowest BCUT2D eigenvalue weighted by molar-refractivity contribution is 0.0952. The number of aromatic nitrogens is 3. The molecule has 2 aromatic heterocycles. The van der Waals surface area contributed by atoms with Gasteiger partial charge in [-0.2, -0.15) is 5.10 Å². The normalized spacial score (nSPS) is 12.8. The third kappa shape index (κ3) is 4.45. The predicted molar refractivity (Wildman–Crippen MR) is 120 cm³/mol. The number of nitrogens with one attached hydrogen (secondary N) is 2. The second-order valence-electron chi connectivity index (χ2n) is 7.07. The molecule has 0 unspecified atom stereocenters. The van der Waals surface area contributed by atoms with Crippen molar-refractivity contribution in [2.75, 3.05) is 5.32 Å². The standard InChI is InChI=1S/C21H16BrClN6O2/c1-11-8-13(24-2)9-14(20(30)26-12-5-6-12)18(11)27-21(31)16-10-17(22)28-29(16)19-15(23)4-3-7-25-19/h3-4,7-10,12H,5-6H2,1H3,(H,26,30)(H,27,31). The molecule has 2 amide bonds. The summed E-state index contributed by atoms with van der Waals surface area (Å²) in [6.07, 6.45) is 3.39. The quantitative estimate of drug-likeness (QED) is 0.498. The summed E-state index contributed by atoms with van der Waals surface area (Å²) in [7, 11) is 0. The smallest absolute Gasteiger partial charge is 0.274 e. The third-order valence-corrected chi connectivity index (χ3v) is 5.38. The minimum Gasteiger partial charge on any atom is -0.349 e. The summed E-state index contributed by atoms with van der Waals surface area (Å²) in [4.78, 5) is 33.6. The second-order valence-corrected chi connectivity index (χ2v) is 8.29. The monoisotopic (exact) mass is 498 g/mol. The van der Waals surface area contributed by atoms with E-state index in [2.05, 4.69) is 41.5 Å². The molecule has 4 rings (SSSR count). The second kappa shape index (κ2) is 8.49. The highest BCUT2D eigenvalue weighted by Crippen LogP contribution is 2.30. The van der Waals surface area contributed by atoms with Gasteiger partial charge in [-0.15, -0.1) is 0 Å². The van der Waals surface area contributed by atoms with E-state index in [1.165, 1.54) is 16.8 Å². The van der Waals surface area contributed by atoms with Crippen LogP contribution in [0.1, 0.15) is 39.3 Å². The molecule has 1 fully saturated rings. The zero-order valence-corrected chi connectivity index (χ0v) is 18.7. The molecule has 0 saturated heterocycles. The van der Waals surface area contributed by atoms with Crippen molar-refractivity contribution in [2.45, 2.75) is 25.8 Å². The van der Waals surface area contributed by atoms with Crippen LogP contribution in [-0.4, -0.2) is 32.6 Å². The minimum atomic E-state index is -0.501. The van der Waals surface area contributed by atoms with Gasteiger partial charge in [-0.3, -0.25) is 9.59 Å². The van der Waals surface area contributed by atoms with Gasteiger partial charge in [0.15, 0.2) is 11.5 Å². The van der Waals surface area contributed by atoms with Gasteiger partial charge in [-0.25, -0.2) is 14.5 Å². The Bertz CT molecular complexity index is 1250. The average molecular weight is 500 g/mol. The zero-order valence-electron chi connectivity index (χ0n) is 16.3. The van der Waals surface area contributed by atoms with Gasteiger partial charge >= 0.3 is 0 Å². The van der Waals surface area contributed by atoms with Crippen LogP contribution in [0.4, 0.5) is 11.4 Å². The molecule has 31 heavy (non-hydrogen) atoms. The van der Waals surface area contributed by atoms with Gasteiger partial charge in [0, 0.05) is 18.3 Å². The predicted octanol–water partition coefficient (Wildman–Crippen LogP) is 4.69. The maximum absolute atomic E-state index is 13.2. The number of carbonyl (C=O) groups is 2. The van der Waals surface area contributed by atoms with Gasteiger partial charge in [0.05, 0.1) is 22.8 Å². The summed E-state index contributed by atoms with van der Waals surface area (Å²) >= 11 is 9.52. The van der Waals surface area contributed by atoms with E-state index in [1.807, 2.05) is 0 Å². The zero-order chi connectivity index (χ0) is 22.1. The van der Waals surface area contributed by atoms with E-state index in [0.717, 1.165) is 12.8 Å². The van der Waals surface area contributed by atoms with Crippen molar-refractivity contribution in [1.82, 2.24) is 20.1 Å². The van der Waals surface area contributed by atoms with Gasteiger partial charge in [0.1, 0.15) is 10.3 Å². The summed E-state index contributed by atoms with van der Waals surface area (Å²) < 4.78 is 1.75. The Labute approximate surface area is 191 Å². The highest BCUT2D eigenvalue weighted by Gasteiger charge is 2.27. The van der Waals surface area contributed by atoms with E-state index in [4.69, 9.17) is 18.2 Å². The van der Waals surface area contributed by atoms with Gasteiger partial charge < -0.3 is 10.6 Å². The highest BCUT2D eigenvalue weighted by atomic mass is 79.9. The summed E-state index contributed by atoms with van der Waals surface area (Å²) in [5.74, 6) is -0.528. The van der Waals surface area contributed by atoms with E-state index >= 15 is 0 Å². The molecular weight excluding hydrogens is 484 g/mol. The Hall–Kier alpha value is -3.22.